The molecule has 0 bridgehead atoms. The van der Waals surface area contributed by atoms with Crippen LogP contribution in [-0.2, 0) is 10.0 Å². The fourth-order valence-corrected chi connectivity index (χ4v) is 3.08. The van der Waals surface area contributed by atoms with Gasteiger partial charge in [0.2, 0.25) is 5.96 Å². The molecule has 1 aliphatic rings. The van der Waals surface area contributed by atoms with E-state index in [9.17, 15) is 8.42 Å². The Morgan fingerprint density at radius 2 is 2.10 bits per heavy atom. The van der Waals surface area contributed by atoms with E-state index in [0.717, 1.165) is 19.3 Å². The number of sulfonamides is 1. The fraction of sp³-hybridized carbons (Fsp3) is 0.462. The largest absolute Gasteiger partial charge is 0.497 e. The number of hydrogen-bond acceptors (Lipinski definition) is 4. The number of aliphatic imine (C=N–C) groups is 1. The molecule has 110 valence electrons. The van der Waals surface area contributed by atoms with Crippen LogP contribution in [0.15, 0.2) is 28.1 Å². The molecule has 1 heterocycles. The second kappa shape index (κ2) is 6.13. The van der Waals surface area contributed by atoms with Gasteiger partial charge in [-0.15, -0.1) is 0 Å². The summed E-state index contributed by atoms with van der Waals surface area (Å²) in [4.78, 5) is 4.41. The lowest BCUT2D eigenvalue weighted by molar-refractivity contribution is 0.413. The SMILES string of the molecule is CCCCCN=C1Nc2ccc(OC)cc2S(=O)(=O)N1. The first-order chi connectivity index (χ1) is 9.56. The Kier molecular flexibility index (Phi) is 4.49. The van der Waals surface area contributed by atoms with Gasteiger partial charge >= 0.3 is 0 Å². The topological polar surface area (TPSA) is 79.8 Å². The summed E-state index contributed by atoms with van der Waals surface area (Å²) >= 11 is 0. The lowest BCUT2D eigenvalue weighted by Gasteiger charge is -2.21. The molecule has 0 radical (unpaired) electrons. The number of nitrogens with one attached hydrogen (secondary N) is 2. The number of anilines is 1. The smallest absolute Gasteiger partial charge is 0.266 e. The molecule has 0 aliphatic carbocycles. The van der Waals surface area contributed by atoms with E-state index in [1.165, 1.54) is 13.2 Å². The molecule has 20 heavy (non-hydrogen) atoms. The van der Waals surface area contributed by atoms with E-state index in [0.29, 0.717) is 18.0 Å². The van der Waals surface area contributed by atoms with Crippen LogP contribution in [0.1, 0.15) is 26.2 Å². The van der Waals surface area contributed by atoms with Gasteiger partial charge in [-0.05, 0) is 18.6 Å². The molecule has 2 N–H and O–H groups in total. The molecule has 7 heteroatoms. The van der Waals surface area contributed by atoms with Crippen molar-refractivity contribution in [3.8, 4) is 5.75 Å². The Morgan fingerprint density at radius 3 is 2.80 bits per heavy atom. The minimum Gasteiger partial charge on any atom is -0.497 e. The van der Waals surface area contributed by atoms with Crippen molar-refractivity contribution < 1.29 is 13.2 Å². The monoisotopic (exact) mass is 297 g/mol. The molecule has 6 nitrogen and oxygen atoms in total. The van der Waals surface area contributed by atoms with E-state index in [-0.39, 0.29) is 10.9 Å². The Balaban J connectivity index is 2.22. The second-order valence-electron chi connectivity index (χ2n) is 4.53. The first kappa shape index (κ1) is 14.6. The van der Waals surface area contributed by atoms with Gasteiger partial charge in [-0.25, -0.2) is 13.1 Å². The highest BCUT2D eigenvalue weighted by molar-refractivity contribution is 7.90. The van der Waals surface area contributed by atoms with Gasteiger partial charge in [0, 0.05) is 12.6 Å². The quantitative estimate of drug-likeness (QED) is 0.814. The van der Waals surface area contributed by atoms with E-state index >= 15 is 0 Å². The number of rotatable bonds is 5. The van der Waals surface area contributed by atoms with Crippen LogP contribution >= 0.6 is 0 Å². The van der Waals surface area contributed by atoms with Crippen LogP contribution in [0.2, 0.25) is 0 Å². The van der Waals surface area contributed by atoms with E-state index in [1.54, 1.807) is 12.1 Å². The van der Waals surface area contributed by atoms with Gasteiger partial charge in [0.1, 0.15) is 10.6 Å². The van der Waals surface area contributed by atoms with Crippen LogP contribution in [0.5, 0.6) is 5.75 Å². The van der Waals surface area contributed by atoms with Crippen molar-refractivity contribution in [2.75, 3.05) is 19.0 Å². The molecule has 1 aliphatic heterocycles. The van der Waals surface area contributed by atoms with Crippen LogP contribution in [0.3, 0.4) is 0 Å². The van der Waals surface area contributed by atoms with E-state index < -0.39 is 10.0 Å². The van der Waals surface area contributed by atoms with E-state index in [1.807, 2.05) is 0 Å². The molecule has 0 saturated heterocycles. The summed E-state index contributed by atoms with van der Waals surface area (Å²) in [6, 6.07) is 4.87. The van der Waals surface area contributed by atoms with Crippen molar-refractivity contribution in [1.82, 2.24) is 4.72 Å². The van der Waals surface area contributed by atoms with Gasteiger partial charge in [-0.3, -0.25) is 4.99 Å². The summed E-state index contributed by atoms with van der Waals surface area (Å²) in [5.74, 6) is 0.776. The van der Waals surface area contributed by atoms with E-state index in [4.69, 9.17) is 4.74 Å². The minimum atomic E-state index is -3.59. The van der Waals surface area contributed by atoms with Crippen LogP contribution < -0.4 is 14.8 Å². The zero-order valence-electron chi connectivity index (χ0n) is 11.6. The standard InChI is InChI=1S/C13H19N3O3S/c1-3-4-5-8-14-13-15-11-7-6-10(19-2)9-12(11)20(17,18)16-13/h6-7,9H,3-5,8H2,1-2H3,(H2,14,15,16). The molecular formula is C13H19N3O3S. The highest BCUT2D eigenvalue weighted by Gasteiger charge is 2.26. The maximum absolute atomic E-state index is 12.2. The molecular weight excluding hydrogens is 278 g/mol. The summed E-state index contributed by atoms with van der Waals surface area (Å²) < 4.78 is 31.8. The first-order valence-corrected chi connectivity index (χ1v) is 8.07. The molecule has 0 atom stereocenters. The number of fused-ring (bicyclic) bond motifs is 1. The van der Waals surface area contributed by atoms with Gasteiger partial charge in [0.25, 0.3) is 10.0 Å². The maximum Gasteiger partial charge on any atom is 0.266 e. The number of hydrogen-bond donors (Lipinski definition) is 2. The number of nitrogens with zero attached hydrogens (tertiary/aromatic N) is 1. The molecule has 1 aromatic carbocycles. The fourth-order valence-electron chi connectivity index (χ4n) is 1.92. The Hall–Kier alpha value is -1.76. The van der Waals surface area contributed by atoms with Crippen LogP contribution in [-0.4, -0.2) is 28.0 Å². The van der Waals surface area contributed by atoms with Crippen molar-refractivity contribution in [3.05, 3.63) is 18.2 Å². The predicted octanol–water partition coefficient (Wildman–Crippen LogP) is 1.95. The Labute approximate surface area is 119 Å². The van der Waals surface area contributed by atoms with Crippen molar-refractivity contribution >= 4 is 21.7 Å². The van der Waals surface area contributed by atoms with Crippen molar-refractivity contribution in [2.24, 2.45) is 4.99 Å². The summed E-state index contributed by atoms with van der Waals surface area (Å²) in [7, 11) is -2.09. The van der Waals surface area contributed by atoms with Gasteiger partial charge in [0.05, 0.1) is 12.8 Å². The molecule has 0 spiro atoms. The number of ether oxygens (including phenoxy) is 1. The molecule has 2 rings (SSSR count). The lowest BCUT2D eigenvalue weighted by atomic mass is 10.2. The summed E-state index contributed by atoms with van der Waals surface area (Å²) in [5.41, 5.74) is 0.513. The highest BCUT2D eigenvalue weighted by Crippen LogP contribution is 2.28. The van der Waals surface area contributed by atoms with Gasteiger partial charge in [-0.2, -0.15) is 0 Å². The summed E-state index contributed by atoms with van der Waals surface area (Å²) in [6.45, 7) is 2.71. The maximum atomic E-state index is 12.2. The third-order valence-corrected chi connectivity index (χ3v) is 4.37. The summed E-state index contributed by atoms with van der Waals surface area (Å²) in [5, 5.41) is 2.98. The molecule has 0 amide bonds. The Morgan fingerprint density at radius 1 is 1.30 bits per heavy atom. The van der Waals surface area contributed by atoms with Gasteiger partial charge in [0.15, 0.2) is 0 Å². The second-order valence-corrected chi connectivity index (χ2v) is 6.18. The molecule has 1 aromatic rings. The average molecular weight is 297 g/mol. The Bertz CT molecular complexity index is 611. The van der Waals surface area contributed by atoms with Crippen molar-refractivity contribution in [1.29, 1.82) is 0 Å². The van der Waals surface area contributed by atoms with E-state index in [2.05, 4.69) is 22.0 Å². The molecule has 0 fully saturated rings. The number of guanidine groups is 1. The van der Waals surface area contributed by atoms with Crippen LogP contribution in [0, 0.1) is 0 Å². The van der Waals surface area contributed by atoms with Crippen molar-refractivity contribution in [2.45, 2.75) is 31.1 Å². The zero-order chi connectivity index (χ0) is 14.6. The number of unbranched alkanes of at least 4 members (excludes halogenated alkanes) is 2. The number of benzene rings is 1. The lowest BCUT2D eigenvalue weighted by Crippen LogP contribution is -2.40. The molecule has 0 aromatic heterocycles. The first-order valence-electron chi connectivity index (χ1n) is 6.59. The minimum absolute atomic E-state index is 0.171. The van der Waals surface area contributed by atoms with Gasteiger partial charge in [-0.1, -0.05) is 19.8 Å². The zero-order valence-corrected chi connectivity index (χ0v) is 12.5. The normalized spacial score (nSPS) is 18.0. The third-order valence-electron chi connectivity index (χ3n) is 2.99. The third kappa shape index (κ3) is 3.22. The molecule has 0 unspecified atom stereocenters. The molecule has 0 saturated carbocycles. The average Bonchev–Trinajstić information content (AvgIpc) is 2.43. The van der Waals surface area contributed by atoms with Crippen LogP contribution in [0.4, 0.5) is 5.69 Å². The summed E-state index contributed by atoms with van der Waals surface area (Å²) in [6.07, 6.45) is 3.13. The van der Waals surface area contributed by atoms with Gasteiger partial charge < -0.3 is 10.1 Å². The predicted molar refractivity (Wildman–Crippen MR) is 78.8 cm³/mol. The van der Waals surface area contributed by atoms with Crippen LogP contribution in [0.25, 0.3) is 0 Å². The number of methoxy groups -OCH3 is 1. The highest BCUT2D eigenvalue weighted by atomic mass is 32.2. The van der Waals surface area contributed by atoms with Crippen molar-refractivity contribution in [3.63, 3.8) is 0 Å².